The lowest BCUT2D eigenvalue weighted by atomic mass is 10.1. The normalized spacial score (nSPS) is 11.9. The highest BCUT2D eigenvalue weighted by atomic mass is 16.5. The molecule has 1 N–H and O–H groups in total. The zero-order valence-corrected chi connectivity index (χ0v) is 19.0. The molecule has 3 rings (SSSR count). The molecular weight excluding hydrogens is 402 g/mol. The lowest BCUT2D eigenvalue weighted by Crippen LogP contribution is -2.26. The van der Waals surface area contributed by atoms with Gasteiger partial charge in [0.15, 0.2) is 6.10 Å². The molecule has 0 amide bonds. The molecule has 2 aromatic carbocycles. The molecule has 3 aromatic rings. The van der Waals surface area contributed by atoms with Crippen LogP contribution in [0.1, 0.15) is 36.4 Å². The van der Waals surface area contributed by atoms with Crippen LogP contribution in [0.25, 0.3) is 0 Å². The number of hydrogen-bond acceptors (Lipinski definition) is 3. The smallest absolute Gasteiger partial charge is 0.333 e. The molecule has 0 aliphatic carbocycles. The molecule has 0 spiro atoms. The molecule has 32 heavy (non-hydrogen) atoms. The van der Waals surface area contributed by atoms with Gasteiger partial charge in [0.2, 0.25) is 0 Å². The van der Waals surface area contributed by atoms with E-state index in [-0.39, 0.29) is 0 Å². The van der Waals surface area contributed by atoms with Crippen molar-refractivity contribution in [3.63, 3.8) is 0 Å². The van der Waals surface area contributed by atoms with Gasteiger partial charge in [0.1, 0.15) is 12.4 Å². The molecule has 0 radical (unpaired) electrons. The summed E-state index contributed by atoms with van der Waals surface area (Å²) in [6.07, 6.45) is 2.54. The SMILES string of the molecule is CCOC(Cc1ccc(OCCn2c(CC)ccc2CCc2ccccc2)cc1)C(=O)O. The van der Waals surface area contributed by atoms with Gasteiger partial charge in [0.25, 0.3) is 0 Å². The van der Waals surface area contributed by atoms with E-state index in [0.29, 0.717) is 19.6 Å². The van der Waals surface area contributed by atoms with Crippen molar-refractivity contribution in [2.75, 3.05) is 13.2 Å². The average molecular weight is 436 g/mol. The van der Waals surface area contributed by atoms with E-state index >= 15 is 0 Å². The van der Waals surface area contributed by atoms with Gasteiger partial charge in [-0.05, 0) is 61.6 Å². The lowest BCUT2D eigenvalue weighted by Gasteiger charge is -2.15. The number of carboxylic acid groups (broad SMARTS) is 1. The molecule has 1 aromatic heterocycles. The van der Waals surface area contributed by atoms with Crippen molar-refractivity contribution in [1.82, 2.24) is 4.57 Å². The highest BCUT2D eigenvalue weighted by molar-refractivity contribution is 5.72. The Morgan fingerprint density at radius 1 is 0.906 bits per heavy atom. The molecule has 0 saturated carbocycles. The molecule has 5 nitrogen and oxygen atoms in total. The maximum Gasteiger partial charge on any atom is 0.333 e. The molecule has 0 aliphatic heterocycles. The van der Waals surface area contributed by atoms with E-state index in [0.717, 1.165) is 37.1 Å². The summed E-state index contributed by atoms with van der Waals surface area (Å²) in [6, 6.07) is 22.6. The third-order valence-corrected chi connectivity index (χ3v) is 5.61. The van der Waals surface area contributed by atoms with E-state index < -0.39 is 12.1 Å². The van der Waals surface area contributed by atoms with Crippen LogP contribution in [0.5, 0.6) is 5.75 Å². The van der Waals surface area contributed by atoms with Gasteiger partial charge in [0, 0.05) is 24.4 Å². The highest BCUT2D eigenvalue weighted by Crippen LogP contribution is 2.17. The van der Waals surface area contributed by atoms with Crippen LogP contribution in [-0.2, 0) is 41.8 Å². The fourth-order valence-electron chi connectivity index (χ4n) is 3.90. The van der Waals surface area contributed by atoms with Gasteiger partial charge in [0.05, 0.1) is 6.54 Å². The third kappa shape index (κ3) is 6.72. The molecule has 1 atom stereocenters. The Morgan fingerprint density at radius 2 is 1.62 bits per heavy atom. The predicted molar refractivity (Wildman–Crippen MR) is 126 cm³/mol. The number of aromatic nitrogens is 1. The first kappa shape index (κ1) is 23.6. The van der Waals surface area contributed by atoms with E-state index in [1.54, 1.807) is 6.92 Å². The van der Waals surface area contributed by atoms with Crippen molar-refractivity contribution in [3.05, 3.63) is 89.2 Å². The van der Waals surface area contributed by atoms with Crippen LogP contribution in [0, 0.1) is 0 Å². The van der Waals surface area contributed by atoms with Gasteiger partial charge < -0.3 is 19.1 Å². The number of carbonyl (C=O) groups is 1. The summed E-state index contributed by atoms with van der Waals surface area (Å²) in [5, 5.41) is 9.24. The molecule has 1 heterocycles. The van der Waals surface area contributed by atoms with Gasteiger partial charge in [-0.3, -0.25) is 0 Å². The molecule has 1 unspecified atom stereocenters. The van der Waals surface area contributed by atoms with Crippen molar-refractivity contribution in [2.45, 2.75) is 52.2 Å². The summed E-state index contributed by atoms with van der Waals surface area (Å²) in [6.45, 7) is 5.74. The topological polar surface area (TPSA) is 60.7 Å². The Labute approximate surface area is 190 Å². The fraction of sp³-hybridized carbons (Fsp3) is 0.370. The zero-order chi connectivity index (χ0) is 22.8. The van der Waals surface area contributed by atoms with E-state index in [1.807, 2.05) is 24.3 Å². The van der Waals surface area contributed by atoms with Crippen molar-refractivity contribution >= 4 is 5.97 Å². The second-order valence-corrected chi connectivity index (χ2v) is 7.79. The van der Waals surface area contributed by atoms with Gasteiger partial charge in [-0.1, -0.05) is 49.4 Å². The molecule has 0 bridgehead atoms. The van der Waals surface area contributed by atoms with E-state index in [9.17, 15) is 9.90 Å². The third-order valence-electron chi connectivity index (χ3n) is 5.61. The second kappa shape index (κ2) is 12.1. The van der Waals surface area contributed by atoms with Crippen molar-refractivity contribution < 1.29 is 19.4 Å². The maximum absolute atomic E-state index is 11.3. The summed E-state index contributed by atoms with van der Waals surface area (Å²) in [4.78, 5) is 11.3. The molecule has 170 valence electrons. The molecule has 5 heteroatoms. The van der Waals surface area contributed by atoms with Gasteiger partial charge in [-0.15, -0.1) is 0 Å². The monoisotopic (exact) mass is 435 g/mol. The lowest BCUT2D eigenvalue weighted by molar-refractivity contribution is -0.149. The Bertz CT molecular complexity index is 963. The largest absolute Gasteiger partial charge is 0.492 e. The van der Waals surface area contributed by atoms with Crippen molar-refractivity contribution in [2.24, 2.45) is 0 Å². The van der Waals surface area contributed by atoms with Crippen molar-refractivity contribution in [3.8, 4) is 5.75 Å². The van der Waals surface area contributed by atoms with E-state index in [1.165, 1.54) is 17.0 Å². The number of ether oxygens (including phenoxy) is 2. The molecule has 0 aliphatic rings. The second-order valence-electron chi connectivity index (χ2n) is 7.79. The highest BCUT2D eigenvalue weighted by Gasteiger charge is 2.17. The maximum atomic E-state index is 11.3. The fourth-order valence-corrected chi connectivity index (χ4v) is 3.90. The zero-order valence-electron chi connectivity index (χ0n) is 19.0. The van der Waals surface area contributed by atoms with Crippen LogP contribution in [0.15, 0.2) is 66.7 Å². The van der Waals surface area contributed by atoms with E-state index in [4.69, 9.17) is 9.47 Å². The molecule has 0 saturated heterocycles. The molecule has 0 fully saturated rings. The van der Waals surface area contributed by atoms with Crippen LogP contribution in [0.4, 0.5) is 0 Å². The van der Waals surface area contributed by atoms with Crippen LogP contribution in [0.3, 0.4) is 0 Å². The van der Waals surface area contributed by atoms with Crippen LogP contribution in [0.2, 0.25) is 0 Å². The standard InChI is InChI=1S/C27H33NO4/c1-3-23-14-15-24(13-10-21-8-6-5-7-9-21)28(23)18-19-32-25-16-11-22(12-17-25)20-26(27(29)30)31-4-2/h5-9,11-12,14-17,26H,3-4,10,13,18-20H2,1-2H3,(H,29,30). The van der Waals surface area contributed by atoms with Gasteiger partial charge >= 0.3 is 5.97 Å². The summed E-state index contributed by atoms with van der Waals surface area (Å²) in [7, 11) is 0. The minimum absolute atomic E-state index is 0.345. The number of aliphatic carboxylic acids is 1. The Kier molecular flexibility index (Phi) is 8.93. The molecular formula is C27H33NO4. The quantitative estimate of drug-likeness (QED) is 0.413. The predicted octanol–water partition coefficient (Wildman–Crippen LogP) is 4.95. The first-order valence-corrected chi connectivity index (χ1v) is 11.4. The number of carboxylic acids is 1. The minimum Gasteiger partial charge on any atom is -0.492 e. The van der Waals surface area contributed by atoms with Crippen LogP contribution in [-0.4, -0.2) is 35.0 Å². The Morgan fingerprint density at radius 3 is 2.28 bits per heavy atom. The summed E-state index contributed by atoms with van der Waals surface area (Å²) >= 11 is 0. The average Bonchev–Trinajstić information content (AvgIpc) is 3.21. The Hall–Kier alpha value is -3.05. The number of nitrogens with zero attached hydrogens (tertiary/aromatic N) is 1. The van der Waals surface area contributed by atoms with Crippen LogP contribution >= 0.6 is 0 Å². The number of aryl methyl sites for hydroxylation is 3. The van der Waals surface area contributed by atoms with Crippen molar-refractivity contribution in [1.29, 1.82) is 0 Å². The summed E-state index contributed by atoms with van der Waals surface area (Å²) in [5.74, 6) is -0.151. The first-order chi connectivity index (χ1) is 15.6. The first-order valence-electron chi connectivity index (χ1n) is 11.4. The van der Waals surface area contributed by atoms with Gasteiger partial charge in [-0.25, -0.2) is 4.79 Å². The number of benzene rings is 2. The minimum atomic E-state index is -0.936. The number of rotatable bonds is 13. The van der Waals surface area contributed by atoms with E-state index in [2.05, 4.69) is 54.0 Å². The van der Waals surface area contributed by atoms with Gasteiger partial charge in [-0.2, -0.15) is 0 Å². The Balaban J connectivity index is 1.54. The summed E-state index contributed by atoms with van der Waals surface area (Å²) in [5.41, 5.74) is 4.92. The van der Waals surface area contributed by atoms with Crippen LogP contribution < -0.4 is 4.74 Å². The summed E-state index contributed by atoms with van der Waals surface area (Å²) < 4.78 is 13.6. The number of hydrogen-bond donors (Lipinski definition) is 1.